The molecule has 1 aromatic rings. The first-order chi connectivity index (χ1) is 8.49. The van der Waals surface area contributed by atoms with Crippen LogP contribution in [0.1, 0.15) is 20.8 Å². The summed E-state index contributed by atoms with van der Waals surface area (Å²) in [7, 11) is 0. The van der Waals surface area contributed by atoms with Crippen molar-refractivity contribution in [2.24, 2.45) is 0 Å². The molecule has 106 valence electrons. The quantitative estimate of drug-likeness (QED) is 0.619. The van der Waals surface area contributed by atoms with Crippen molar-refractivity contribution in [1.29, 1.82) is 0 Å². The van der Waals surface area contributed by atoms with Crippen molar-refractivity contribution >= 4 is 33.7 Å². The van der Waals surface area contributed by atoms with E-state index in [-0.39, 0.29) is 5.75 Å². The number of benzene rings is 1. The number of hydrogen-bond donors (Lipinski definition) is 2. The summed E-state index contributed by atoms with van der Waals surface area (Å²) in [5, 5.41) is 12.4. The van der Waals surface area contributed by atoms with Gasteiger partial charge in [-0.2, -0.15) is 0 Å². The first-order valence-corrected chi connectivity index (χ1v) is 16.3. The van der Waals surface area contributed by atoms with E-state index in [1.165, 1.54) is 0 Å². The molecule has 0 aliphatic heterocycles. The van der Waals surface area contributed by atoms with Gasteiger partial charge in [-0.25, -0.2) is 0 Å². The normalized spacial score (nSPS) is 12.1. The number of aromatic hydroxyl groups is 1. The predicted molar refractivity (Wildman–Crippen MR) is 80.9 cm³/mol. The zero-order valence-corrected chi connectivity index (χ0v) is 15.3. The minimum atomic E-state index is -2.42. The molecule has 0 radical (unpaired) electrons. The molecule has 0 aliphatic rings. The van der Waals surface area contributed by atoms with E-state index in [1.807, 2.05) is 20.8 Å². The second-order valence-corrected chi connectivity index (χ2v) is 21.0. The van der Waals surface area contributed by atoms with Gasteiger partial charge < -0.3 is 0 Å². The van der Waals surface area contributed by atoms with Crippen molar-refractivity contribution < 1.29 is 14.6 Å². The van der Waals surface area contributed by atoms with Crippen LogP contribution >= 0.6 is 0 Å². The molecule has 0 atom stereocenters. The number of phenols is 1. The third-order valence-electron chi connectivity index (χ3n) is 2.45. The molecule has 0 unspecified atom stereocenters. The Morgan fingerprint density at radius 1 is 1.26 bits per heavy atom. The molecule has 0 saturated heterocycles. The number of rotatable bonds is 2. The number of hydrogen-bond acceptors (Lipinski definition) is 3. The summed E-state index contributed by atoms with van der Waals surface area (Å²) in [5.74, 6) is 0.233. The van der Waals surface area contributed by atoms with Crippen molar-refractivity contribution in [2.45, 2.75) is 41.2 Å². The monoisotopic (exact) mass is 373 g/mol. The average molecular weight is 372 g/mol. The molecule has 0 saturated carbocycles. The average Bonchev–Trinajstić information content (AvgIpc) is 2.16. The number of anilines is 1. The molecular formula is C14H23NO3Sn. The Morgan fingerprint density at radius 3 is 2.32 bits per heavy atom. The molecular weight excluding hydrogens is 349 g/mol. The van der Waals surface area contributed by atoms with Crippen LogP contribution in [0.3, 0.4) is 0 Å². The topological polar surface area (TPSA) is 58.6 Å². The molecule has 19 heavy (non-hydrogen) atoms. The Bertz CT molecular complexity index is 473. The number of carbonyl (C=O) groups excluding carboxylic acids is 1. The van der Waals surface area contributed by atoms with Gasteiger partial charge in [-0.05, 0) is 0 Å². The van der Waals surface area contributed by atoms with E-state index in [0.29, 0.717) is 0 Å². The molecule has 0 aliphatic carbocycles. The SMILES string of the molecule is CC(C)(C)OC(=O)Nc1ccc(O)c[c]1[Sn]([CH3])([CH3])[CH3]. The molecule has 0 fully saturated rings. The molecule has 0 bridgehead atoms. The Labute approximate surface area is 119 Å². The fraction of sp³-hybridized carbons (Fsp3) is 0.500. The zero-order chi connectivity index (χ0) is 14.8. The molecule has 4 nitrogen and oxygen atoms in total. The molecule has 5 heteroatoms. The van der Waals surface area contributed by atoms with Gasteiger partial charge in [-0.1, -0.05) is 0 Å². The van der Waals surface area contributed by atoms with Crippen LogP contribution < -0.4 is 8.90 Å². The van der Waals surface area contributed by atoms with Gasteiger partial charge in [0.15, 0.2) is 0 Å². The number of amides is 1. The van der Waals surface area contributed by atoms with E-state index in [1.54, 1.807) is 18.2 Å². The summed E-state index contributed by atoms with van der Waals surface area (Å²) in [4.78, 5) is 18.5. The number of carbonyl (C=O) groups is 1. The number of ether oxygens (including phenoxy) is 1. The van der Waals surface area contributed by atoms with Gasteiger partial charge in [0.1, 0.15) is 0 Å². The van der Waals surface area contributed by atoms with Gasteiger partial charge in [0.05, 0.1) is 0 Å². The minimum absolute atomic E-state index is 0.233. The van der Waals surface area contributed by atoms with Gasteiger partial charge in [-0.15, -0.1) is 0 Å². The van der Waals surface area contributed by atoms with Gasteiger partial charge >= 0.3 is 119 Å². The van der Waals surface area contributed by atoms with Crippen LogP contribution in [-0.4, -0.2) is 35.2 Å². The predicted octanol–water partition coefficient (Wildman–Crippen LogP) is 3.28. The summed E-state index contributed by atoms with van der Waals surface area (Å²) in [6.07, 6.45) is -0.463. The molecule has 1 rings (SSSR count). The molecule has 0 heterocycles. The van der Waals surface area contributed by atoms with E-state index < -0.39 is 30.1 Å². The van der Waals surface area contributed by atoms with Crippen LogP contribution in [0.5, 0.6) is 5.75 Å². The first-order valence-electron chi connectivity index (χ1n) is 6.32. The third-order valence-corrected chi connectivity index (χ3v) is 8.24. The second-order valence-electron chi connectivity index (χ2n) is 6.61. The van der Waals surface area contributed by atoms with Gasteiger partial charge in [0.25, 0.3) is 0 Å². The Morgan fingerprint density at radius 2 is 1.84 bits per heavy atom. The van der Waals surface area contributed by atoms with Gasteiger partial charge in [-0.3, -0.25) is 0 Å². The molecule has 0 aromatic heterocycles. The first kappa shape index (κ1) is 16.1. The van der Waals surface area contributed by atoms with Crippen molar-refractivity contribution in [2.75, 3.05) is 5.32 Å². The fourth-order valence-electron chi connectivity index (χ4n) is 1.68. The zero-order valence-electron chi connectivity index (χ0n) is 12.5. The fourth-order valence-corrected chi connectivity index (χ4v) is 6.06. The van der Waals surface area contributed by atoms with Crippen molar-refractivity contribution in [1.82, 2.24) is 0 Å². The second kappa shape index (κ2) is 5.61. The molecule has 1 amide bonds. The Hall–Kier alpha value is -0.911. The van der Waals surface area contributed by atoms with Crippen LogP contribution in [0.4, 0.5) is 10.5 Å². The maximum absolute atomic E-state index is 11.8. The summed E-state index contributed by atoms with van der Waals surface area (Å²) >= 11 is -2.42. The van der Waals surface area contributed by atoms with Gasteiger partial charge in [0, 0.05) is 0 Å². The van der Waals surface area contributed by atoms with E-state index >= 15 is 0 Å². The summed E-state index contributed by atoms with van der Waals surface area (Å²) in [6, 6.07) is 5.06. The van der Waals surface area contributed by atoms with E-state index in [2.05, 4.69) is 20.1 Å². The van der Waals surface area contributed by atoms with Crippen LogP contribution in [-0.2, 0) is 4.74 Å². The molecule has 2 N–H and O–H groups in total. The molecule has 0 spiro atoms. The molecule has 1 aromatic carbocycles. The van der Waals surface area contributed by atoms with E-state index in [9.17, 15) is 9.90 Å². The Kier molecular flexibility index (Phi) is 4.76. The summed E-state index contributed by atoms with van der Waals surface area (Å²) in [5.41, 5.74) is 0.224. The maximum atomic E-state index is 11.8. The van der Waals surface area contributed by atoms with Crippen LogP contribution in [0.2, 0.25) is 14.8 Å². The van der Waals surface area contributed by atoms with E-state index in [4.69, 9.17) is 4.74 Å². The standard InChI is InChI=1S/C11H14NO3.3CH3.Sn/c1-11(2,3)15-10(14)12-8-4-6-9(13)7-5-8;;;;/h4,6-7,13H,1-3H3,(H,12,14);3*1H3;. The van der Waals surface area contributed by atoms with Crippen molar-refractivity contribution in [3.63, 3.8) is 0 Å². The third kappa shape index (κ3) is 5.30. The van der Waals surface area contributed by atoms with Gasteiger partial charge in [0.2, 0.25) is 0 Å². The van der Waals surface area contributed by atoms with Crippen molar-refractivity contribution in [3.05, 3.63) is 18.2 Å². The van der Waals surface area contributed by atoms with Crippen LogP contribution in [0.15, 0.2) is 18.2 Å². The van der Waals surface area contributed by atoms with Crippen LogP contribution in [0.25, 0.3) is 0 Å². The van der Waals surface area contributed by atoms with Crippen LogP contribution in [0, 0.1) is 0 Å². The Balaban J connectivity index is 2.99. The number of nitrogens with one attached hydrogen (secondary N) is 1. The summed E-state index contributed by atoms with van der Waals surface area (Å²) < 4.78 is 6.32. The van der Waals surface area contributed by atoms with Crippen molar-refractivity contribution in [3.8, 4) is 5.75 Å². The van der Waals surface area contributed by atoms with E-state index in [0.717, 1.165) is 9.27 Å². The summed E-state index contributed by atoms with van der Waals surface area (Å²) in [6.45, 7) is 5.48. The number of phenolic OH excluding ortho intramolecular Hbond substituents is 1.